The summed E-state index contributed by atoms with van der Waals surface area (Å²) in [4.78, 5) is 0. The molecule has 0 saturated heterocycles. The van der Waals surface area contributed by atoms with E-state index in [0.717, 1.165) is 5.69 Å². The Kier molecular flexibility index (Phi) is 3.11. The van der Waals surface area contributed by atoms with Gasteiger partial charge in [-0.15, -0.1) is 0 Å². The Bertz CT molecular complexity index is 376. The van der Waals surface area contributed by atoms with Crippen molar-refractivity contribution in [3.05, 3.63) is 42.1 Å². The zero-order chi connectivity index (χ0) is 9.52. The van der Waals surface area contributed by atoms with Crippen molar-refractivity contribution in [1.82, 2.24) is 0 Å². The molecular formula is C10H7N3. The van der Waals surface area contributed by atoms with Crippen LogP contribution in [0.3, 0.4) is 0 Å². The summed E-state index contributed by atoms with van der Waals surface area (Å²) in [6.45, 7) is 0. The summed E-state index contributed by atoms with van der Waals surface area (Å²) in [6.07, 6.45) is 2.89. The number of allylic oxidation sites excluding steroid dienone is 1. The third-order valence-corrected chi connectivity index (χ3v) is 1.42. The van der Waals surface area contributed by atoms with Gasteiger partial charge in [-0.2, -0.15) is 10.5 Å². The van der Waals surface area contributed by atoms with Crippen LogP contribution < -0.4 is 5.32 Å². The molecule has 0 radical (unpaired) electrons. The van der Waals surface area contributed by atoms with Crippen LogP contribution in [0.5, 0.6) is 0 Å². The lowest BCUT2D eigenvalue weighted by Crippen LogP contribution is -1.86. The van der Waals surface area contributed by atoms with Crippen LogP contribution in [0.15, 0.2) is 36.5 Å². The van der Waals surface area contributed by atoms with Crippen molar-refractivity contribution in [2.75, 3.05) is 5.32 Å². The second-order valence-electron chi connectivity index (χ2n) is 2.30. The largest absolute Gasteiger partial charge is 0.361 e. The molecule has 1 aromatic carbocycles. The smallest absolute Gasteiger partial charge is 0.0991 e. The molecule has 1 rings (SSSR count). The molecule has 62 valence electrons. The normalized spacial score (nSPS) is 9.08. The molecule has 0 aliphatic heterocycles. The molecule has 0 fully saturated rings. The molecular weight excluding hydrogens is 162 g/mol. The first kappa shape index (κ1) is 8.83. The van der Waals surface area contributed by atoms with Gasteiger partial charge in [0.05, 0.1) is 17.7 Å². The number of hydrogen-bond acceptors (Lipinski definition) is 3. The number of anilines is 1. The van der Waals surface area contributed by atoms with E-state index in [9.17, 15) is 0 Å². The lowest BCUT2D eigenvalue weighted by Gasteiger charge is -1.98. The molecule has 13 heavy (non-hydrogen) atoms. The number of rotatable bonds is 2. The van der Waals surface area contributed by atoms with Crippen molar-refractivity contribution >= 4 is 5.69 Å². The lowest BCUT2D eigenvalue weighted by molar-refractivity contribution is 1.47. The predicted molar refractivity (Wildman–Crippen MR) is 49.5 cm³/mol. The van der Waals surface area contributed by atoms with E-state index in [1.807, 2.05) is 12.1 Å². The molecule has 0 unspecified atom stereocenters. The van der Waals surface area contributed by atoms with Crippen LogP contribution in [0.2, 0.25) is 0 Å². The van der Waals surface area contributed by atoms with E-state index in [1.54, 1.807) is 30.5 Å². The Hall–Kier alpha value is -2.26. The molecule has 3 nitrogen and oxygen atoms in total. The Balaban J connectivity index is 2.67. The van der Waals surface area contributed by atoms with Gasteiger partial charge in [0.1, 0.15) is 0 Å². The van der Waals surface area contributed by atoms with Crippen molar-refractivity contribution in [2.24, 2.45) is 0 Å². The van der Waals surface area contributed by atoms with E-state index in [-0.39, 0.29) is 0 Å². The highest BCUT2D eigenvalue weighted by Crippen LogP contribution is 2.08. The molecule has 0 bridgehead atoms. The minimum atomic E-state index is 0.620. The first-order valence-electron chi connectivity index (χ1n) is 3.68. The van der Waals surface area contributed by atoms with Gasteiger partial charge >= 0.3 is 0 Å². The minimum Gasteiger partial charge on any atom is -0.361 e. The van der Waals surface area contributed by atoms with E-state index in [2.05, 4.69) is 5.32 Å². The maximum Gasteiger partial charge on any atom is 0.0991 e. The predicted octanol–water partition coefficient (Wildman–Crippen LogP) is 2.01. The highest BCUT2D eigenvalue weighted by Gasteiger charge is 1.89. The zero-order valence-electron chi connectivity index (χ0n) is 6.86. The van der Waals surface area contributed by atoms with Crippen molar-refractivity contribution in [3.63, 3.8) is 0 Å². The molecule has 0 aliphatic rings. The Morgan fingerprint density at radius 1 is 1.15 bits per heavy atom. The number of hydrogen-bond donors (Lipinski definition) is 1. The second kappa shape index (κ2) is 4.58. The fourth-order valence-electron chi connectivity index (χ4n) is 0.816. The van der Waals surface area contributed by atoms with Crippen molar-refractivity contribution in [2.45, 2.75) is 0 Å². The van der Waals surface area contributed by atoms with Gasteiger partial charge in [-0.3, -0.25) is 0 Å². The average molecular weight is 169 g/mol. The summed E-state index contributed by atoms with van der Waals surface area (Å²) in [5, 5.41) is 19.6. The first-order valence-corrected chi connectivity index (χ1v) is 3.68. The Morgan fingerprint density at radius 3 is 2.38 bits per heavy atom. The molecule has 0 amide bonds. The molecule has 1 N–H and O–H groups in total. The van der Waals surface area contributed by atoms with E-state index >= 15 is 0 Å². The van der Waals surface area contributed by atoms with Crippen LogP contribution in [0.25, 0.3) is 0 Å². The third kappa shape index (κ3) is 2.69. The van der Waals surface area contributed by atoms with E-state index in [1.165, 1.54) is 6.08 Å². The summed E-state index contributed by atoms with van der Waals surface area (Å²) in [5.74, 6) is 0. The van der Waals surface area contributed by atoms with E-state index in [0.29, 0.717) is 5.56 Å². The average Bonchev–Trinajstić information content (AvgIpc) is 2.19. The van der Waals surface area contributed by atoms with Crippen molar-refractivity contribution in [3.8, 4) is 12.1 Å². The van der Waals surface area contributed by atoms with Crippen LogP contribution in [-0.2, 0) is 0 Å². The van der Waals surface area contributed by atoms with Crippen LogP contribution >= 0.6 is 0 Å². The molecule has 0 aliphatic carbocycles. The van der Waals surface area contributed by atoms with Gasteiger partial charge in [0, 0.05) is 18.0 Å². The summed E-state index contributed by atoms with van der Waals surface area (Å²) < 4.78 is 0. The lowest BCUT2D eigenvalue weighted by atomic mass is 10.2. The van der Waals surface area contributed by atoms with Crippen LogP contribution in [0.4, 0.5) is 5.69 Å². The van der Waals surface area contributed by atoms with Crippen molar-refractivity contribution in [1.29, 1.82) is 10.5 Å². The van der Waals surface area contributed by atoms with Gasteiger partial charge in [0.15, 0.2) is 0 Å². The van der Waals surface area contributed by atoms with Crippen LogP contribution in [-0.4, -0.2) is 0 Å². The van der Waals surface area contributed by atoms with E-state index in [4.69, 9.17) is 10.5 Å². The highest BCUT2D eigenvalue weighted by molar-refractivity contribution is 5.49. The van der Waals surface area contributed by atoms with Crippen LogP contribution in [0.1, 0.15) is 5.56 Å². The molecule has 1 aromatic rings. The quantitative estimate of drug-likeness (QED) is 0.689. The van der Waals surface area contributed by atoms with E-state index < -0.39 is 0 Å². The summed E-state index contributed by atoms with van der Waals surface area (Å²) in [7, 11) is 0. The Morgan fingerprint density at radius 2 is 1.85 bits per heavy atom. The summed E-state index contributed by atoms with van der Waals surface area (Å²) in [5.41, 5.74) is 1.47. The second-order valence-corrected chi connectivity index (χ2v) is 2.30. The third-order valence-electron chi connectivity index (χ3n) is 1.42. The standard InChI is InChI=1S/C10H7N3/c11-6-1-7-13-10-4-2-9(8-12)3-5-10/h1-5,7,13H/b7-1+. The molecule has 0 aromatic heterocycles. The fourth-order valence-corrected chi connectivity index (χ4v) is 0.816. The molecule has 3 heteroatoms. The number of nitrogens with zero attached hydrogens (tertiary/aromatic N) is 2. The maximum absolute atomic E-state index is 8.52. The Labute approximate surface area is 76.5 Å². The molecule has 0 heterocycles. The summed E-state index contributed by atoms with van der Waals surface area (Å²) >= 11 is 0. The number of nitriles is 2. The van der Waals surface area contributed by atoms with Gasteiger partial charge in [-0.1, -0.05) is 0 Å². The fraction of sp³-hybridized carbons (Fsp3) is 0. The van der Waals surface area contributed by atoms with Gasteiger partial charge in [-0.05, 0) is 24.3 Å². The number of nitrogens with one attached hydrogen (secondary N) is 1. The van der Waals surface area contributed by atoms with Gasteiger partial charge in [-0.25, -0.2) is 0 Å². The van der Waals surface area contributed by atoms with Gasteiger partial charge in [0.2, 0.25) is 0 Å². The summed E-state index contributed by atoms with van der Waals surface area (Å²) in [6, 6.07) is 10.9. The maximum atomic E-state index is 8.52. The first-order chi connectivity index (χ1) is 6.36. The SMILES string of the molecule is N#C/C=C/Nc1ccc(C#N)cc1. The monoisotopic (exact) mass is 169 g/mol. The molecule has 0 saturated carbocycles. The van der Waals surface area contributed by atoms with Gasteiger partial charge in [0.25, 0.3) is 0 Å². The molecule has 0 atom stereocenters. The van der Waals surface area contributed by atoms with Gasteiger partial charge < -0.3 is 5.32 Å². The molecule has 0 spiro atoms. The highest BCUT2D eigenvalue weighted by atomic mass is 14.8. The number of benzene rings is 1. The minimum absolute atomic E-state index is 0.620. The van der Waals surface area contributed by atoms with Crippen LogP contribution in [0, 0.1) is 22.7 Å². The topological polar surface area (TPSA) is 59.6 Å². The van der Waals surface area contributed by atoms with Crippen molar-refractivity contribution < 1.29 is 0 Å². The zero-order valence-corrected chi connectivity index (χ0v) is 6.86.